The lowest BCUT2D eigenvalue weighted by molar-refractivity contribution is -0.333. The Morgan fingerprint density at radius 2 is 1.31 bits per heavy atom. The molecule has 0 unspecified atom stereocenters. The van der Waals surface area contributed by atoms with E-state index in [1.54, 1.807) is 0 Å². The molecule has 0 saturated carbocycles. The van der Waals surface area contributed by atoms with Crippen molar-refractivity contribution >= 4 is 22.1 Å². The Balaban J connectivity index is 1.53. The molecule has 0 radical (unpaired) electrons. The summed E-state index contributed by atoms with van der Waals surface area (Å²) in [5.41, 5.74) is -0.270. The lowest BCUT2D eigenvalue weighted by atomic mass is 9.98. The van der Waals surface area contributed by atoms with Crippen molar-refractivity contribution in [3.05, 3.63) is 29.8 Å². The summed E-state index contributed by atoms with van der Waals surface area (Å²) in [5.74, 6) is -3.23. The fraction of sp³-hybridized carbons (Fsp3) is 0.692. The molecule has 21 nitrogen and oxygen atoms in total. The van der Waals surface area contributed by atoms with Crippen molar-refractivity contribution in [1.29, 1.82) is 0 Å². The Labute approximate surface area is 271 Å². The molecule has 14 atom stereocenters. The van der Waals surface area contributed by atoms with Crippen LogP contribution in [0.15, 0.2) is 29.2 Å². The molecule has 12 N–H and O–H groups in total. The zero-order valence-electron chi connectivity index (χ0n) is 24.7. The molecule has 0 aromatic heterocycles. The fourth-order valence-corrected chi connectivity index (χ4v) is 5.42. The van der Waals surface area contributed by atoms with E-state index in [0.29, 0.717) is 0 Å². The summed E-state index contributed by atoms with van der Waals surface area (Å²) in [7, 11) is -4.75. The topological polar surface area (TPSA) is 357 Å². The number of carbonyl (C=O) groups is 2. The first-order chi connectivity index (χ1) is 22.4. The molecule has 1 aromatic carbocycles. The molecule has 2 aliphatic rings. The van der Waals surface area contributed by atoms with E-state index in [0.717, 1.165) is 12.1 Å². The highest BCUT2D eigenvalue weighted by Crippen LogP contribution is 2.26. The highest BCUT2D eigenvalue weighted by Gasteiger charge is 2.48. The van der Waals surface area contributed by atoms with Crippen molar-refractivity contribution in [2.24, 2.45) is 0 Å². The van der Waals surface area contributed by atoms with Crippen LogP contribution in [0.3, 0.4) is 0 Å². The molecule has 274 valence electrons. The Hall–Kier alpha value is -2.33. The van der Waals surface area contributed by atoms with Gasteiger partial charge in [0, 0.05) is 0 Å². The minimum Gasteiger partial charge on any atom is -0.394 e. The number of rotatable bonds is 14. The van der Waals surface area contributed by atoms with Gasteiger partial charge in [0.2, 0.25) is 0 Å². The number of ether oxygens (including phenoxy) is 5. The van der Waals surface area contributed by atoms with Crippen molar-refractivity contribution in [1.82, 2.24) is 0 Å². The number of aliphatic hydroxyl groups excluding tert-OH is 11. The lowest BCUT2D eigenvalue weighted by Crippen LogP contribution is -2.62. The standard InChI is InChI=1S/C26H38O21S/c27-6-11-16(31)19(34)22(37)26(45-11)44-8-12-17(32)20(35)23(38)25(46-12)43-7-10(28)15(30)18(33)21(36)24(39)47-14(29)5-9-3-1-2-4-13(9)48(40,41)42/h1-4,10-12,15-23,25-28,30-38H,5-8H2,(H,40,41,42)/t10-,11-,12-,15-,16-,17-,18+,19+,20+,21-,22-,23-,25+,26+/m1/s1. The van der Waals surface area contributed by atoms with Gasteiger partial charge in [0.25, 0.3) is 10.1 Å². The van der Waals surface area contributed by atoms with Crippen molar-refractivity contribution in [3.63, 3.8) is 0 Å². The second-order valence-corrected chi connectivity index (χ2v) is 12.3. The highest BCUT2D eigenvalue weighted by atomic mass is 32.2. The monoisotopic (exact) mass is 718 g/mol. The number of esters is 2. The summed E-state index contributed by atoms with van der Waals surface area (Å²) in [5, 5.41) is 111. The van der Waals surface area contributed by atoms with Gasteiger partial charge in [-0.1, -0.05) is 18.2 Å². The van der Waals surface area contributed by atoms with Crippen LogP contribution in [0, 0.1) is 0 Å². The normalized spacial score (nSPS) is 33.8. The first kappa shape index (κ1) is 40.1. The zero-order valence-corrected chi connectivity index (χ0v) is 25.5. The minimum atomic E-state index is -4.75. The van der Waals surface area contributed by atoms with E-state index >= 15 is 0 Å². The van der Waals surface area contributed by atoms with Gasteiger partial charge in [-0.25, -0.2) is 4.79 Å². The van der Waals surface area contributed by atoms with Gasteiger partial charge in [-0.05, 0) is 11.6 Å². The summed E-state index contributed by atoms with van der Waals surface area (Å²) in [6.45, 7) is -2.48. The van der Waals surface area contributed by atoms with Crippen molar-refractivity contribution in [2.45, 2.75) is 97.1 Å². The molecule has 0 spiro atoms. The number of carbonyl (C=O) groups excluding carboxylic acids is 2. The van der Waals surface area contributed by atoms with Gasteiger partial charge in [0.15, 0.2) is 18.7 Å². The first-order valence-corrected chi connectivity index (χ1v) is 15.6. The predicted octanol–water partition coefficient (Wildman–Crippen LogP) is -7.37. The molecule has 2 aliphatic heterocycles. The smallest absolute Gasteiger partial charge is 0.345 e. The maximum Gasteiger partial charge on any atom is 0.345 e. The van der Waals surface area contributed by atoms with Gasteiger partial charge in [0.1, 0.15) is 67.1 Å². The van der Waals surface area contributed by atoms with E-state index in [2.05, 4.69) is 4.74 Å². The first-order valence-electron chi connectivity index (χ1n) is 14.1. The average molecular weight is 719 g/mol. The van der Waals surface area contributed by atoms with Crippen LogP contribution < -0.4 is 0 Å². The third-order valence-electron chi connectivity index (χ3n) is 7.48. The Bertz CT molecular complexity index is 1330. The summed E-state index contributed by atoms with van der Waals surface area (Å²) in [6.07, 6.45) is -28.0. The summed E-state index contributed by atoms with van der Waals surface area (Å²) < 4.78 is 57.5. The molecule has 48 heavy (non-hydrogen) atoms. The van der Waals surface area contributed by atoms with E-state index in [1.165, 1.54) is 12.1 Å². The van der Waals surface area contributed by atoms with E-state index < -0.39 is 139 Å². The Morgan fingerprint density at radius 3 is 1.90 bits per heavy atom. The maximum absolute atomic E-state index is 12.2. The zero-order chi connectivity index (χ0) is 36.1. The quantitative estimate of drug-likeness (QED) is 0.0483. The van der Waals surface area contributed by atoms with Crippen LogP contribution in [-0.2, 0) is 49.8 Å². The molecule has 2 heterocycles. The summed E-state index contributed by atoms with van der Waals surface area (Å²) in [6, 6.07) is 4.65. The Kier molecular flexibility index (Phi) is 14.3. The largest absolute Gasteiger partial charge is 0.394 e. The predicted molar refractivity (Wildman–Crippen MR) is 147 cm³/mol. The molecular weight excluding hydrogens is 680 g/mol. The van der Waals surface area contributed by atoms with Gasteiger partial charge in [-0.2, -0.15) is 8.42 Å². The van der Waals surface area contributed by atoms with Gasteiger partial charge < -0.3 is 79.9 Å². The molecule has 22 heteroatoms. The molecule has 0 aliphatic carbocycles. The van der Waals surface area contributed by atoms with E-state index in [9.17, 15) is 78.7 Å². The van der Waals surface area contributed by atoms with Crippen LogP contribution in [0.2, 0.25) is 0 Å². The van der Waals surface area contributed by atoms with Crippen LogP contribution in [0.1, 0.15) is 5.56 Å². The molecule has 1 aromatic rings. The number of aliphatic hydroxyl groups is 11. The highest BCUT2D eigenvalue weighted by molar-refractivity contribution is 7.85. The number of benzene rings is 1. The Morgan fingerprint density at radius 1 is 0.771 bits per heavy atom. The molecule has 0 amide bonds. The minimum absolute atomic E-state index is 0.270. The van der Waals surface area contributed by atoms with E-state index in [4.69, 9.17) is 18.9 Å². The van der Waals surface area contributed by atoms with E-state index in [1.807, 2.05) is 0 Å². The second-order valence-electron chi connectivity index (χ2n) is 10.9. The average Bonchev–Trinajstić information content (AvgIpc) is 3.04. The molecule has 2 fully saturated rings. The third-order valence-corrected chi connectivity index (χ3v) is 8.44. The molecule has 2 saturated heterocycles. The van der Waals surface area contributed by atoms with Crippen molar-refractivity contribution < 1.29 is 102 Å². The van der Waals surface area contributed by atoms with E-state index in [-0.39, 0.29) is 5.56 Å². The fourth-order valence-electron chi connectivity index (χ4n) is 4.70. The molecular formula is C26H38O21S. The second kappa shape index (κ2) is 17.1. The SMILES string of the molecule is O=C(Cc1ccccc1S(=O)(=O)O)OC(=O)[C@H](O)[C@@H](O)[C@H](O)[C@H](O)CO[C@H]1O[C@H](CO[C@H]2O[C@H](CO)[C@@H](O)[C@H](O)[C@H]2O)[C@@H](O)[C@H](O)[C@H]1O. The van der Waals surface area contributed by atoms with Crippen LogP contribution in [-0.4, -0.2) is 187 Å². The van der Waals surface area contributed by atoms with Crippen LogP contribution in [0.5, 0.6) is 0 Å². The van der Waals surface area contributed by atoms with Gasteiger partial charge >= 0.3 is 11.9 Å². The molecule has 3 rings (SSSR count). The van der Waals surface area contributed by atoms with Crippen LogP contribution in [0.4, 0.5) is 0 Å². The van der Waals surface area contributed by atoms with Crippen molar-refractivity contribution in [3.8, 4) is 0 Å². The van der Waals surface area contributed by atoms with Gasteiger partial charge in [0.05, 0.1) is 31.1 Å². The third kappa shape index (κ3) is 9.67. The van der Waals surface area contributed by atoms with Crippen LogP contribution in [0.25, 0.3) is 0 Å². The van der Waals surface area contributed by atoms with Crippen LogP contribution >= 0.6 is 0 Å². The maximum atomic E-state index is 12.2. The number of hydrogen-bond acceptors (Lipinski definition) is 20. The van der Waals surface area contributed by atoms with Crippen molar-refractivity contribution in [2.75, 3.05) is 19.8 Å². The van der Waals surface area contributed by atoms with Gasteiger partial charge in [-0.3, -0.25) is 9.35 Å². The summed E-state index contributed by atoms with van der Waals surface area (Å²) in [4.78, 5) is 23.7. The number of hydrogen-bond donors (Lipinski definition) is 12. The lowest BCUT2D eigenvalue weighted by Gasteiger charge is -2.42. The molecule has 0 bridgehead atoms. The van der Waals surface area contributed by atoms with Gasteiger partial charge in [-0.15, -0.1) is 0 Å². The summed E-state index contributed by atoms with van der Waals surface area (Å²) >= 11 is 0.